The normalized spacial score (nSPS) is 12.8. The zero-order valence-electron chi connectivity index (χ0n) is 51.6. The quantitative estimate of drug-likeness (QED) is 0.0509. The molecule has 18 nitrogen and oxygen atoms in total. The Kier molecular flexibility index (Phi) is 15.9. The van der Waals surface area contributed by atoms with Crippen LogP contribution in [0.1, 0.15) is 143 Å². The van der Waals surface area contributed by atoms with E-state index in [0.29, 0.717) is 33.3 Å². The molecule has 440 valence electrons. The number of hydrogen-bond acceptors (Lipinski definition) is 12. The van der Waals surface area contributed by atoms with E-state index in [4.69, 9.17) is 10.2 Å². The van der Waals surface area contributed by atoms with Crippen LogP contribution < -0.4 is 22.2 Å². The van der Waals surface area contributed by atoms with Crippen LogP contribution >= 0.6 is 0 Å². The molecule has 9 aromatic rings. The fourth-order valence-electron chi connectivity index (χ4n) is 12.1. The molecule has 84 heavy (non-hydrogen) atoms. The van der Waals surface area contributed by atoms with E-state index in [-0.39, 0.29) is 55.6 Å². The average Bonchev–Trinajstić information content (AvgIpc) is 1.62. The van der Waals surface area contributed by atoms with Crippen LogP contribution in [0.4, 0.5) is 17.1 Å². The van der Waals surface area contributed by atoms with Gasteiger partial charge in [0.05, 0.1) is 27.0 Å². The number of phenolic OH excluding ortho intramolecular Hbond substituents is 2. The number of nitro benzene ring substituents is 1. The van der Waals surface area contributed by atoms with Gasteiger partial charge in [0, 0.05) is 56.2 Å². The first-order chi connectivity index (χ1) is 38.9. The average molecular weight is 1140 g/mol. The molecule has 9 rings (SSSR count). The van der Waals surface area contributed by atoms with Crippen molar-refractivity contribution < 1.29 is 15.1 Å². The summed E-state index contributed by atoms with van der Waals surface area (Å²) >= 11 is 0. The number of aryl methyl sites for hydroxylation is 4. The molecule has 0 amide bonds. The van der Waals surface area contributed by atoms with Crippen LogP contribution in [-0.2, 0) is 49.9 Å². The van der Waals surface area contributed by atoms with E-state index in [0.717, 1.165) is 49.8 Å². The predicted molar refractivity (Wildman–Crippen MR) is 333 cm³/mol. The molecule has 0 atom stereocenters. The van der Waals surface area contributed by atoms with Gasteiger partial charge in [-0.3, -0.25) is 29.3 Å². The maximum absolute atomic E-state index is 12.4. The molecule has 0 saturated heterocycles. The summed E-state index contributed by atoms with van der Waals surface area (Å²) in [6, 6.07) is 34.0. The number of fused-ring (bicyclic) bond motifs is 3. The van der Waals surface area contributed by atoms with Crippen LogP contribution in [0, 0.1) is 20.9 Å². The maximum atomic E-state index is 12.4. The van der Waals surface area contributed by atoms with Gasteiger partial charge < -0.3 is 28.5 Å². The van der Waals surface area contributed by atoms with Crippen molar-refractivity contribution in [2.45, 2.75) is 131 Å². The van der Waals surface area contributed by atoms with Gasteiger partial charge in [0.1, 0.15) is 33.9 Å². The lowest BCUT2D eigenvalue weighted by molar-refractivity contribution is -0.384. The summed E-state index contributed by atoms with van der Waals surface area (Å²) in [6.07, 6.45) is 1.77. The summed E-state index contributed by atoms with van der Waals surface area (Å²) in [5.74, 6) is 0.0324. The largest absolute Gasteiger partial charge is 0.505 e. The zero-order chi connectivity index (χ0) is 62.1. The lowest BCUT2D eigenvalue weighted by Crippen LogP contribution is -2.39. The second-order valence-corrected chi connectivity index (χ2v) is 27.1. The Morgan fingerprint density at radius 3 is 1.21 bits per heavy atom. The molecule has 0 bridgehead atoms. The molecule has 18 heteroatoms. The van der Waals surface area contributed by atoms with E-state index in [9.17, 15) is 39.5 Å². The molecule has 0 aliphatic rings. The van der Waals surface area contributed by atoms with Crippen molar-refractivity contribution in [3.63, 3.8) is 0 Å². The highest BCUT2D eigenvalue weighted by molar-refractivity contribution is 5.91. The Balaban J connectivity index is 0.000000219. The first-order valence-electron chi connectivity index (χ1n) is 28.0. The first kappa shape index (κ1) is 61.3. The molecule has 3 heterocycles. The van der Waals surface area contributed by atoms with Gasteiger partial charge in [-0.2, -0.15) is 0 Å². The van der Waals surface area contributed by atoms with E-state index in [1.165, 1.54) is 40.2 Å². The van der Waals surface area contributed by atoms with Crippen molar-refractivity contribution in [1.82, 2.24) is 33.3 Å². The van der Waals surface area contributed by atoms with E-state index in [2.05, 4.69) is 112 Å². The number of aromatic nitrogens is 7. The van der Waals surface area contributed by atoms with E-state index < -0.39 is 43.7 Å². The van der Waals surface area contributed by atoms with E-state index in [1.54, 1.807) is 32.3 Å². The van der Waals surface area contributed by atoms with Crippen molar-refractivity contribution in [2.75, 3.05) is 0 Å². The minimum Gasteiger partial charge on any atom is -0.505 e. The smallest absolute Gasteiger partial charge is 0.316 e. The SMILES string of the molecule is Cn1c(=O)c(=O)n(C)c2cc([N+](=O)[O-])c(N=Nc3cc(C(C)(C)CC(C)(C)C)cc(C(C)(C)c4ccccc4)c3O)cc21.Cn1c(=O)c(=O)n(C)c2cc3nn(-c4cc(C(C)(C)CC(C)(C)C)cc(C(C)(C)c5ccccc5)c4O)nc3cc21. The van der Waals surface area contributed by atoms with Crippen LogP contribution in [-0.4, -0.2) is 48.4 Å². The number of azo groups is 1. The molecule has 0 aliphatic carbocycles. The molecule has 0 spiro atoms. The molecule has 0 fully saturated rings. The molecule has 0 aliphatic heterocycles. The van der Waals surface area contributed by atoms with Gasteiger partial charge in [-0.15, -0.1) is 25.2 Å². The van der Waals surface area contributed by atoms with E-state index >= 15 is 0 Å². The highest BCUT2D eigenvalue weighted by Crippen LogP contribution is 2.48. The summed E-state index contributed by atoms with van der Waals surface area (Å²) in [4.78, 5) is 62.6. The monoisotopic (exact) mass is 1140 g/mol. The summed E-state index contributed by atoms with van der Waals surface area (Å²) in [7, 11) is 5.96. The van der Waals surface area contributed by atoms with Crippen LogP contribution in [0.5, 0.6) is 11.5 Å². The highest BCUT2D eigenvalue weighted by atomic mass is 16.6. The third-order valence-corrected chi connectivity index (χ3v) is 16.3. The standard InChI is InChI=1S/C33H39N5O5.C33H39N5O3/c1-31(2,3)19-32(4,5)21-15-22(33(6,7)20-13-11-10-12-14-20)28(39)24(16-21)35-34-23-17-26-27(18-25(23)38(42)43)37(9)30(41)29(40)36(26)8;1-31(2,3)19-32(4,5)21-15-22(33(6,7)20-13-11-10-12-14-20)28(39)27(16-21)38-34-23-17-25-26(18-24(23)35-38)37(9)30(41)29(40)36(25)8/h10-18,39H,19H2,1-9H3;10-18,39H,19H2,1-9H3. The molecule has 0 saturated carbocycles. The molecular formula is C66H78N10O8. The minimum absolute atomic E-state index is 0.0138. The third kappa shape index (κ3) is 11.8. The number of nitro groups is 1. The van der Waals surface area contributed by atoms with Crippen LogP contribution in [0.25, 0.3) is 38.8 Å². The highest BCUT2D eigenvalue weighted by Gasteiger charge is 2.36. The summed E-state index contributed by atoms with van der Waals surface area (Å²) in [5, 5.41) is 53.6. The van der Waals surface area contributed by atoms with Gasteiger partial charge in [-0.1, -0.05) is 170 Å². The third-order valence-electron chi connectivity index (χ3n) is 16.3. The Bertz CT molecular complexity index is 4280. The Hall–Kier alpha value is -8.80. The van der Waals surface area contributed by atoms with Crippen LogP contribution in [0.3, 0.4) is 0 Å². The first-order valence-corrected chi connectivity index (χ1v) is 28.0. The fraction of sp³-hybridized carbons (Fsp3) is 0.394. The summed E-state index contributed by atoms with van der Waals surface area (Å²) < 4.78 is 4.89. The minimum atomic E-state index is -0.799. The van der Waals surface area contributed by atoms with Crippen LogP contribution in [0.15, 0.2) is 139 Å². The number of aromatic hydroxyl groups is 2. The van der Waals surface area contributed by atoms with Gasteiger partial charge in [0.15, 0.2) is 5.69 Å². The summed E-state index contributed by atoms with van der Waals surface area (Å²) in [5.41, 5.74) is 4.09. The number of rotatable bonds is 12. The van der Waals surface area contributed by atoms with Crippen molar-refractivity contribution >= 4 is 50.2 Å². The molecular weight excluding hydrogens is 1060 g/mol. The van der Waals surface area contributed by atoms with Crippen molar-refractivity contribution in [3.05, 3.63) is 194 Å². The predicted octanol–water partition coefficient (Wildman–Crippen LogP) is 13.0. The second kappa shape index (κ2) is 21.8. The lowest BCUT2D eigenvalue weighted by atomic mass is 9.70. The van der Waals surface area contributed by atoms with Gasteiger partial charge >= 0.3 is 22.2 Å². The van der Waals surface area contributed by atoms with Gasteiger partial charge in [-0.25, -0.2) is 0 Å². The Morgan fingerprint density at radius 2 is 0.821 bits per heavy atom. The van der Waals surface area contributed by atoms with E-state index in [1.807, 2.05) is 74.5 Å². The Labute approximate surface area is 488 Å². The van der Waals surface area contributed by atoms with Crippen molar-refractivity contribution in [2.24, 2.45) is 49.2 Å². The Morgan fingerprint density at radius 1 is 0.464 bits per heavy atom. The molecule has 3 aromatic heterocycles. The van der Waals surface area contributed by atoms with Gasteiger partial charge in [-0.05, 0) is 87.1 Å². The van der Waals surface area contributed by atoms with Crippen LogP contribution in [0.2, 0.25) is 0 Å². The fourth-order valence-corrected chi connectivity index (χ4v) is 12.1. The van der Waals surface area contributed by atoms with Crippen molar-refractivity contribution in [1.29, 1.82) is 0 Å². The molecule has 6 aromatic carbocycles. The van der Waals surface area contributed by atoms with Gasteiger partial charge in [0.2, 0.25) is 0 Å². The zero-order valence-corrected chi connectivity index (χ0v) is 51.6. The topological polar surface area (TPSA) is 227 Å². The number of benzene rings is 6. The molecule has 0 radical (unpaired) electrons. The molecule has 0 unspecified atom stereocenters. The number of hydrogen-bond donors (Lipinski definition) is 2. The molecule has 2 N–H and O–H groups in total. The number of phenols is 2. The van der Waals surface area contributed by atoms with Gasteiger partial charge in [0.25, 0.3) is 5.69 Å². The lowest BCUT2D eigenvalue weighted by Gasteiger charge is -2.35. The summed E-state index contributed by atoms with van der Waals surface area (Å²) in [6.45, 7) is 30.2. The maximum Gasteiger partial charge on any atom is 0.316 e. The number of nitrogens with zero attached hydrogens (tertiary/aromatic N) is 10. The van der Waals surface area contributed by atoms with Crippen molar-refractivity contribution in [3.8, 4) is 17.2 Å². The second-order valence-electron chi connectivity index (χ2n) is 27.1.